The summed E-state index contributed by atoms with van der Waals surface area (Å²) in [5.74, 6) is 1.66. The van der Waals surface area contributed by atoms with Crippen molar-refractivity contribution < 1.29 is 9.21 Å². The first-order chi connectivity index (χ1) is 11.2. The van der Waals surface area contributed by atoms with Crippen LogP contribution in [0.15, 0.2) is 22.6 Å². The minimum Gasteiger partial charge on any atom is -0.441 e. The Bertz CT molecular complexity index is 721. The van der Waals surface area contributed by atoms with Crippen LogP contribution < -0.4 is 0 Å². The quantitative estimate of drug-likeness (QED) is 0.850. The predicted octanol–water partition coefficient (Wildman–Crippen LogP) is 4.19. The number of likely N-dealkylation sites (tertiary alicyclic amines) is 1. The van der Waals surface area contributed by atoms with Gasteiger partial charge in [-0.15, -0.1) is 0 Å². The summed E-state index contributed by atoms with van der Waals surface area (Å²) >= 11 is 0. The number of hydrogen-bond donors (Lipinski definition) is 0. The van der Waals surface area contributed by atoms with Gasteiger partial charge in [0, 0.05) is 24.6 Å². The van der Waals surface area contributed by atoms with Crippen LogP contribution in [-0.4, -0.2) is 28.4 Å². The molecule has 2 heterocycles. The van der Waals surface area contributed by atoms with Crippen LogP contribution >= 0.6 is 0 Å². The molecule has 4 heteroatoms. The fraction of sp³-hybridized carbons (Fsp3) is 0.579. The molecule has 1 aromatic heterocycles. The molecule has 2 fully saturated rings. The molecule has 0 N–H and O–H groups in total. The third-order valence-electron chi connectivity index (χ3n) is 5.33. The molecule has 1 aromatic carbocycles. The molecule has 1 aliphatic heterocycles. The molecule has 1 saturated carbocycles. The lowest BCUT2D eigenvalue weighted by molar-refractivity contribution is 0.0733. The van der Waals surface area contributed by atoms with Crippen molar-refractivity contribution in [1.82, 2.24) is 9.88 Å². The third-order valence-corrected chi connectivity index (χ3v) is 5.33. The summed E-state index contributed by atoms with van der Waals surface area (Å²) in [6.07, 6.45) is 7.97. The van der Waals surface area contributed by atoms with Gasteiger partial charge in [-0.2, -0.15) is 0 Å². The van der Waals surface area contributed by atoms with Crippen LogP contribution in [0.5, 0.6) is 0 Å². The zero-order chi connectivity index (χ0) is 15.8. The number of nitrogens with zero attached hydrogens (tertiary/aromatic N) is 2. The van der Waals surface area contributed by atoms with Gasteiger partial charge in [0.05, 0.1) is 0 Å². The Morgan fingerprint density at radius 1 is 1.39 bits per heavy atom. The SMILES string of the molecule is CCCCc1nc2cc(C(=O)N3C[C@@H]4CCC[C@H]3C4)ccc2o1. The molecule has 4 nitrogen and oxygen atoms in total. The van der Waals surface area contributed by atoms with Crippen LogP contribution in [0.25, 0.3) is 11.1 Å². The van der Waals surface area contributed by atoms with Crippen LogP contribution in [0.4, 0.5) is 0 Å². The molecule has 1 amide bonds. The normalized spacial score (nSPS) is 23.6. The van der Waals surface area contributed by atoms with Crippen molar-refractivity contribution in [3.63, 3.8) is 0 Å². The van der Waals surface area contributed by atoms with Crippen LogP contribution in [-0.2, 0) is 6.42 Å². The Morgan fingerprint density at radius 2 is 2.30 bits per heavy atom. The summed E-state index contributed by atoms with van der Waals surface area (Å²) in [5.41, 5.74) is 2.34. The van der Waals surface area contributed by atoms with Crippen molar-refractivity contribution in [3.8, 4) is 0 Å². The summed E-state index contributed by atoms with van der Waals surface area (Å²) < 4.78 is 5.76. The molecular formula is C19H24N2O2. The molecule has 4 rings (SSSR count). The van der Waals surface area contributed by atoms with E-state index in [0.29, 0.717) is 12.0 Å². The van der Waals surface area contributed by atoms with Crippen LogP contribution in [0.1, 0.15) is 61.7 Å². The molecule has 2 aliphatic rings. The van der Waals surface area contributed by atoms with E-state index in [2.05, 4.69) is 16.8 Å². The smallest absolute Gasteiger partial charge is 0.254 e. The number of aromatic nitrogens is 1. The molecule has 0 unspecified atom stereocenters. The van der Waals surface area contributed by atoms with Gasteiger partial charge in [0.1, 0.15) is 5.52 Å². The minimum absolute atomic E-state index is 0.166. The van der Waals surface area contributed by atoms with E-state index in [1.54, 1.807) is 0 Å². The van der Waals surface area contributed by atoms with Crippen molar-refractivity contribution in [2.45, 2.75) is 57.9 Å². The predicted molar refractivity (Wildman–Crippen MR) is 89.4 cm³/mol. The Morgan fingerprint density at radius 3 is 3.13 bits per heavy atom. The average molecular weight is 312 g/mol. The van der Waals surface area contributed by atoms with Crippen LogP contribution in [0.2, 0.25) is 0 Å². The van der Waals surface area contributed by atoms with Crippen LogP contribution in [0.3, 0.4) is 0 Å². The summed E-state index contributed by atoms with van der Waals surface area (Å²) in [5, 5.41) is 0. The van der Waals surface area contributed by atoms with E-state index in [9.17, 15) is 4.79 Å². The standard InChI is InChI=1S/C19H24N2O2/c1-2-3-7-18-20-16-11-14(8-9-17(16)23-18)19(22)21-12-13-5-4-6-15(21)10-13/h8-9,11,13,15H,2-7,10,12H2,1H3/t13-,15+/m1/s1. The number of carbonyl (C=O) groups is 1. The summed E-state index contributed by atoms with van der Waals surface area (Å²) in [7, 11) is 0. The van der Waals surface area contributed by atoms with E-state index >= 15 is 0 Å². The molecule has 0 radical (unpaired) electrons. The molecule has 2 atom stereocenters. The summed E-state index contributed by atoms with van der Waals surface area (Å²) in [6.45, 7) is 3.09. The van der Waals surface area contributed by atoms with E-state index in [1.807, 2.05) is 18.2 Å². The molecule has 0 spiro atoms. The highest BCUT2D eigenvalue weighted by atomic mass is 16.3. The van der Waals surface area contributed by atoms with Crippen LogP contribution in [0, 0.1) is 5.92 Å². The van der Waals surface area contributed by atoms with Gasteiger partial charge in [-0.05, 0) is 49.8 Å². The number of fused-ring (bicyclic) bond motifs is 3. The minimum atomic E-state index is 0.166. The van der Waals surface area contributed by atoms with Gasteiger partial charge in [-0.25, -0.2) is 4.98 Å². The third kappa shape index (κ3) is 2.75. The Balaban J connectivity index is 1.57. The van der Waals surface area contributed by atoms with Gasteiger partial charge in [-0.3, -0.25) is 4.79 Å². The largest absolute Gasteiger partial charge is 0.441 e. The highest BCUT2D eigenvalue weighted by Crippen LogP contribution is 2.36. The van der Waals surface area contributed by atoms with Crippen molar-refractivity contribution in [1.29, 1.82) is 0 Å². The highest BCUT2D eigenvalue weighted by Gasteiger charge is 2.38. The lowest BCUT2D eigenvalue weighted by atomic mass is 9.90. The number of unbranched alkanes of at least 4 members (excludes halogenated alkanes) is 1. The second kappa shape index (κ2) is 5.99. The molecule has 1 aliphatic carbocycles. The summed E-state index contributed by atoms with van der Waals surface area (Å²) in [6, 6.07) is 6.14. The van der Waals surface area contributed by atoms with Crippen molar-refractivity contribution in [2.24, 2.45) is 5.92 Å². The molecule has 23 heavy (non-hydrogen) atoms. The lowest BCUT2D eigenvalue weighted by Crippen LogP contribution is -2.35. The first-order valence-corrected chi connectivity index (χ1v) is 8.95. The Hall–Kier alpha value is -1.84. The molecule has 2 bridgehead atoms. The zero-order valence-electron chi connectivity index (χ0n) is 13.8. The van der Waals surface area contributed by atoms with Crippen molar-refractivity contribution >= 4 is 17.0 Å². The number of hydrogen-bond acceptors (Lipinski definition) is 3. The van der Waals surface area contributed by atoms with Gasteiger partial charge in [0.25, 0.3) is 5.91 Å². The van der Waals surface area contributed by atoms with Gasteiger partial charge in [0.15, 0.2) is 11.5 Å². The first kappa shape index (κ1) is 14.7. The lowest BCUT2D eigenvalue weighted by Gasteiger charge is -2.24. The number of benzene rings is 1. The van der Waals surface area contributed by atoms with Gasteiger partial charge in [0.2, 0.25) is 0 Å². The topological polar surface area (TPSA) is 46.3 Å². The second-order valence-electron chi connectivity index (χ2n) is 7.04. The fourth-order valence-corrected chi connectivity index (χ4v) is 4.10. The first-order valence-electron chi connectivity index (χ1n) is 8.95. The molecule has 2 aromatic rings. The number of amides is 1. The molecule has 122 valence electrons. The number of oxazole rings is 1. The Kier molecular flexibility index (Phi) is 3.83. The second-order valence-corrected chi connectivity index (χ2v) is 7.04. The van der Waals surface area contributed by atoms with Gasteiger partial charge < -0.3 is 9.32 Å². The number of carbonyl (C=O) groups excluding carboxylic acids is 1. The maximum absolute atomic E-state index is 12.9. The van der Waals surface area contributed by atoms with E-state index in [4.69, 9.17) is 4.42 Å². The maximum atomic E-state index is 12.9. The van der Waals surface area contributed by atoms with Crippen molar-refractivity contribution in [3.05, 3.63) is 29.7 Å². The van der Waals surface area contributed by atoms with Gasteiger partial charge >= 0.3 is 0 Å². The zero-order valence-corrected chi connectivity index (χ0v) is 13.8. The maximum Gasteiger partial charge on any atom is 0.254 e. The van der Waals surface area contributed by atoms with E-state index in [0.717, 1.165) is 54.8 Å². The van der Waals surface area contributed by atoms with E-state index in [1.165, 1.54) is 19.3 Å². The van der Waals surface area contributed by atoms with Crippen molar-refractivity contribution in [2.75, 3.05) is 6.54 Å². The highest BCUT2D eigenvalue weighted by molar-refractivity contribution is 5.97. The number of aryl methyl sites for hydroxylation is 1. The molecular weight excluding hydrogens is 288 g/mol. The van der Waals surface area contributed by atoms with Gasteiger partial charge in [-0.1, -0.05) is 19.8 Å². The van der Waals surface area contributed by atoms with E-state index < -0.39 is 0 Å². The fourth-order valence-electron chi connectivity index (χ4n) is 4.10. The summed E-state index contributed by atoms with van der Waals surface area (Å²) in [4.78, 5) is 19.5. The number of rotatable bonds is 4. The molecule has 1 saturated heterocycles. The monoisotopic (exact) mass is 312 g/mol. The Labute approximate surface area is 136 Å². The van der Waals surface area contributed by atoms with E-state index in [-0.39, 0.29) is 5.91 Å². The average Bonchev–Trinajstić information content (AvgIpc) is 3.11.